The fourth-order valence-corrected chi connectivity index (χ4v) is 2.34. The highest BCUT2D eigenvalue weighted by molar-refractivity contribution is 5.96. The van der Waals surface area contributed by atoms with E-state index >= 15 is 0 Å². The van der Waals surface area contributed by atoms with Crippen LogP contribution in [-0.2, 0) is 0 Å². The van der Waals surface area contributed by atoms with Crippen molar-refractivity contribution in [2.45, 2.75) is 47.5 Å². The average Bonchev–Trinajstić information content (AvgIpc) is 2.37. The van der Waals surface area contributed by atoms with E-state index in [1.807, 2.05) is 13.0 Å². The number of anilines is 1. The molecule has 0 spiro atoms. The molecule has 21 heavy (non-hydrogen) atoms. The van der Waals surface area contributed by atoms with Gasteiger partial charge in [0.05, 0.1) is 0 Å². The summed E-state index contributed by atoms with van der Waals surface area (Å²) < 4.78 is 0. The molecule has 0 fully saturated rings. The molecule has 0 radical (unpaired) electrons. The van der Waals surface area contributed by atoms with Crippen LogP contribution in [0.3, 0.4) is 0 Å². The highest BCUT2D eigenvalue weighted by atomic mass is 15.1. The molecule has 3 heteroatoms. The number of amidine groups is 1. The molecule has 1 aromatic rings. The minimum atomic E-state index is 0.148. The lowest BCUT2D eigenvalue weighted by atomic mass is 10.0. The van der Waals surface area contributed by atoms with Gasteiger partial charge in [-0.2, -0.15) is 0 Å². The first-order valence-electron chi connectivity index (χ1n) is 8.01. The summed E-state index contributed by atoms with van der Waals surface area (Å²) in [5, 5.41) is 7.59. The first-order valence-corrected chi connectivity index (χ1v) is 8.01. The SMILES string of the molecule is Cc1cc(N(CCC(C)C)CCC(C)C)ccc1C(=N)N. The third kappa shape index (κ3) is 5.78. The Bertz CT molecular complexity index is 452. The number of hydrogen-bond acceptors (Lipinski definition) is 2. The van der Waals surface area contributed by atoms with Gasteiger partial charge >= 0.3 is 0 Å². The van der Waals surface area contributed by atoms with Gasteiger partial charge in [0.2, 0.25) is 0 Å². The molecule has 0 unspecified atom stereocenters. The topological polar surface area (TPSA) is 53.1 Å². The second-order valence-corrected chi connectivity index (χ2v) is 6.76. The van der Waals surface area contributed by atoms with E-state index in [4.69, 9.17) is 11.1 Å². The number of benzene rings is 1. The van der Waals surface area contributed by atoms with E-state index in [1.54, 1.807) is 0 Å². The molecule has 118 valence electrons. The molecule has 0 bridgehead atoms. The zero-order valence-corrected chi connectivity index (χ0v) is 14.2. The van der Waals surface area contributed by atoms with Gasteiger partial charge in [-0.25, -0.2) is 0 Å². The Morgan fingerprint density at radius 3 is 2.00 bits per heavy atom. The summed E-state index contributed by atoms with van der Waals surface area (Å²) in [5.74, 6) is 1.57. The summed E-state index contributed by atoms with van der Waals surface area (Å²) in [6.45, 7) is 13.3. The number of aryl methyl sites for hydroxylation is 1. The average molecular weight is 289 g/mol. The van der Waals surface area contributed by atoms with Gasteiger partial charge < -0.3 is 10.6 Å². The molecule has 1 aromatic carbocycles. The molecule has 0 aliphatic carbocycles. The molecule has 3 nitrogen and oxygen atoms in total. The van der Waals surface area contributed by atoms with Crippen LogP contribution in [0.25, 0.3) is 0 Å². The summed E-state index contributed by atoms with van der Waals surface area (Å²) in [4.78, 5) is 2.47. The normalized spacial score (nSPS) is 11.2. The molecule has 0 aliphatic rings. The minimum absolute atomic E-state index is 0.148. The second kappa shape index (κ2) is 8.06. The highest BCUT2D eigenvalue weighted by Gasteiger charge is 2.11. The predicted octanol–water partition coefficient (Wildman–Crippen LogP) is 4.18. The fraction of sp³-hybridized carbons (Fsp3) is 0.611. The van der Waals surface area contributed by atoms with E-state index in [-0.39, 0.29) is 5.84 Å². The van der Waals surface area contributed by atoms with Crippen molar-refractivity contribution in [1.82, 2.24) is 0 Å². The van der Waals surface area contributed by atoms with Crippen molar-refractivity contribution in [3.8, 4) is 0 Å². The van der Waals surface area contributed by atoms with Gasteiger partial charge in [0.25, 0.3) is 0 Å². The molecular weight excluding hydrogens is 258 g/mol. The van der Waals surface area contributed by atoms with Gasteiger partial charge in [0.1, 0.15) is 5.84 Å². The van der Waals surface area contributed by atoms with E-state index in [0.29, 0.717) is 11.8 Å². The number of nitrogens with zero attached hydrogens (tertiary/aromatic N) is 1. The Labute approximate surface area is 130 Å². The molecule has 0 saturated heterocycles. The smallest absolute Gasteiger partial charge is 0.123 e. The van der Waals surface area contributed by atoms with Crippen LogP contribution in [0.4, 0.5) is 5.69 Å². The van der Waals surface area contributed by atoms with E-state index in [2.05, 4.69) is 44.7 Å². The lowest BCUT2D eigenvalue weighted by Gasteiger charge is -2.27. The lowest BCUT2D eigenvalue weighted by molar-refractivity contribution is 0.535. The second-order valence-electron chi connectivity index (χ2n) is 6.76. The van der Waals surface area contributed by atoms with Crippen LogP contribution in [0.5, 0.6) is 0 Å². The molecular formula is C18H31N3. The Kier molecular flexibility index (Phi) is 6.73. The first-order chi connectivity index (χ1) is 9.81. The Balaban J connectivity index is 2.90. The van der Waals surface area contributed by atoms with Crippen LogP contribution in [-0.4, -0.2) is 18.9 Å². The van der Waals surface area contributed by atoms with E-state index in [9.17, 15) is 0 Å². The van der Waals surface area contributed by atoms with E-state index in [1.165, 1.54) is 18.5 Å². The summed E-state index contributed by atoms with van der Waals surface area (Å²) in [5.41, 5.74) is 8.78. The van der Waals surface area contributed by atoms with Crippen LogP contribution in [0, 0.1) is 24.2 Å². The van der Waals surface area contributed by atoms with Gasteiger partial charge in [0.15, 0.2) is 0 Å². The van der Waals surface area contributed by atoms with Gasteiger partial charge in [-0.05, 0) is 55.4 Å². The molecule has 0 amide bonds. The van der Waals surface area contributed by atoms with E-state index < -0.39 is 0 Å². The van der Waals surface area contributed by atoms with Crippen molar-refractivity contribution in [2.24, 2.45) is 17.6 Å². The van der Waals surface area contributed by atoms with Gasteiger partial charge in [-0.3, -0.25) is 5.41 Å². The maximum atomic E-state index is 7.59. The Hall–Kier alpha value is -1.51. The molecule has 3 N–H and O–H groups in total. The zero-order chi connectivity index (χ0) is 16.0. The molecule has 0 aromatic heterocycles. The maximum absolute atomic E-state index is 7.59. The predicted molar refractivity (Wildman–Crippen MR) is 93.3 cm³/mol. The molecule has 0 saturated carbocycles. The number of nitrogen functional groups attached to an aromatic ring is 1. The monoisotopic (exact) mass is 289 g/mol. The number of nitrogens with one attached hydrogen (secondary N) is 1. The van der Waals surface area contributed by atoms with Gasteiger partial charge in [-0.15, -0.1) is 0 Å². The summed E-state index contributed by atoms with van der Waals surface area (Å²) in [6, 6.07) is 6.24. The molecule has 0 heterocycles. The van der Waals surface area contributed by atoms with Crippen molar-refractivity contribution >= 4 is 11.5 Å². The number of rotatable bonds is 8. The first kappa shape index (κ1) is 17.5. The fourth-order valence-electron chi connectivity index (χ4n) is 2.34. The van der Waals surface area contributed by atoms with Gasteiger partial charge in [0, 0.05) is 24.3 Å². The molecule has 0 aliphatic heterocycles. The van der Waals surface area contributed by atoms with Crippen molar-refractivity contribution in [3.63, 3.8) is 0 Å². The van der Waals surface area contributed by atoms with Crippen molar-refractivity contribution in [2.75, 3.05) is 18.0 Å². The molecule has 0 atom stereocenters. The summed E-state index contributed by atoms with van der Waals surface area (Å²) in [7, 11) is 0. The van der Waals surface area contributed by atoms with Crippen molar-refractivity contribution < 1.29 is 0 Å². The third-order valence-electron chi connectivity index (χ3n) is 3.82. The summed E-state index contributed by atoms with van der Waals surface area (Å²) in [6.07, 6.45) is 2.40. The van der Waals surface area contributed by atoms with Crippen molar-refractivity contribution in [1.29, 1.82) is 5.41 Å². The van der Waals surface area contributed by atoms with Crippen LogP contribution in [0.1, 0.15) is 51.7 Å². The largest absolute Gasteiger partial charge is 0.384 e. The zero-order valence-electron chi connectivity index (χ0n) is 14.2. The van der Waals surface area contributed by atoms with Crippen LogP contribution < -0.4 is 10.6 Å². The van der Waals surface area contributed by atoms with E-state index in [0.717, 1.165) is 24.2 Å². The quantitative estimate of drug-likeness (QED) is 0.557. The van der Waals surface area contributed by atoms with Gasteiger partial charge in [-0.1, -0.05) is 27.7 Å². The number of hydrogen-bond donors (Lipinski definition) is 2. The Morgan fingerprint density at radius 1 is 1.10 bits per heavy atom. The molecule has 1 rings (SSSR count). The minimum Gasteiger partial charge on any atom is -0.384 e. The van der Waals surface area contributed by atoms with Crippen LogP contribution >= 0.6 is 0 Å². The Morgan fingerprint density at radius 2 is 1.62 bits per heavy atom. The summed E-state index contributed by atoms with van der Waals surface area (Å²) >= 11 is 0. The maximum Gasteiger partial charge on any atom is 0.123 e. The third-order valence-corrected chi connectivity index (χ3v) is 3.82. The standard InChI is InChI=1S/C18H31N3/c1-13(2)8-10-21(11-9-14(3)4)16-6-7-17(18(19)20)15(5)12-16/h6-7,12-14H,8-11H2,1-5H3,(H3,19,20). The lowest BCUT2D eigenvalue weighted by Crippen LogP contribution is -2.27. The highest BCUT2D eigenvalue weighted by Crippen LogP contribution is 2.21. The van der Waals surface area contributed by atoms with Crippen LogP contribution in [0.15, 0.2) is 18.2 Å². The number of nitrogens with two attached hydrogens (primary N) is 1. The van der Waals surface area contributed by atoms with Crippen LogP contribution in [0.2, 0.25) is 0 Å². The van der Waals surface area contributed by atoms with Crippen molar-refractivity contribution in [3.05, 3.63) is 29.3 Å².